The Morgan fingerprint density at radius 3 is 2.69 bits per heavy atom. The fraction of sp³-hybridized carbons (Fsp3) is 0. The first kappa shape index (κ1) is 8.42. The van der Waals surface area contributed by atoms with Crippen molar-refractivity contribution in [2.45, 2.75) is 0 Å². The molecule has 2 aromatic rings. The number of hydrogen-bond acceptors (Lipinski definition) is 4. The fourth-order valence-corrected chi connectivity index (χ4v) is 1.27. The fourth-order valence-electron chi connectivity index (χ4n) is 0.884. The Balaban J connectivity index is 2.41. The van der Waals surface area contributed by atoms with E-state index >= 15 is 0 Å². The molecule has 0 radical (unpaired) electrons. The molecule has 13 heavy (non-hydrogen) atoms. The Labute approximate surface area is 88.1 Å². The number of rotatable bonds is 1. The van der Waals surface area contributed by atoms with E-state index in [0.717, 1.165) is 3.57 Å². The summed E-state index contributed by atoms with van der Waals surface area (Å²) in [5, 5.41) is 11.7. The molecule has 0 fully saturated rings. The maximum absolute atomic E-state index is 5.41. The zero-order chi connectivity index (χ0) is 9.26. The van der Waals surface area contributed by atoms with Crippen molar-refractivity contribution in [3.63, 3.8) is 0 Å². The molecule has 5 nitrogen and oxygen atoms in total. The molecule has 0 saturated carbocycles. The molecule has 2 aromatic heterocycles. The van der Waals surface area contributed by atoms with Gasteiger partial charge in [0.1, 0.15) is 5.82 Å². The molecule has 2 heterocycles. The summed E-state index contributed by atoms with van der Waals surface area (Å²) in [4.78, 5) is 0. The number of nitrogen functional groups attached to an aromatic ring is 1. The molecule has 66 valence electrons. The van der Waals surface area contributed by atoms with E-state index in [1.54, 1.807) is 23.0 Å². The lowest BCUT2D eigenvalue weighted by atomic mass is 10.5. The van der Waals surface area contributed by atoms with Crippen LogP contribution in [0.15, 0.2) is 24.5 Å². The first-order valence-electron chi connectivity index (χ1n) is 3.55. The molecule has 0 spiro atoms. The van der Waals surface area contributed by atoms with Gasteiger partial charge < -0.3 is 5.73 Å². The number of aromatic nitrogens is 4. The summed E-state index contributed by atoms with van der Waals surface area (Å²) in [5.74, 6) is 1.07. The van der Waals surface area contributed by atoms with Crippen molar-refractivity contribution in [3.05, 3.63) is 28.1 Å². The first-order chi connectivity index (χ1) is 6.25. The molecule has 0 atom stereocenters. The topological polar surface area (TPSA) is 69.6 Å². The molecule has 0 aromatic carbocycles. The third-order valence-electron chi connectivity index (χ3n) is 1.46. The van der Waals surface area contributed by atoms with Crippen LogP contribution in [-0.2, 0) is 0 Å². The van der Waals surface area contributed by atoms with Crippen LogP contribution in [0.1, 0.15) is 0 Å². The van der Waals surface area contributed by atoms with Crippen molar-refractivity contribution >= 4 is 28.4 Å². The molecule has 0 unspecified atom stereocenters. The van der Waals surface area contributed by atoms with E-state index in [1.165, 1.54) is 0 Å². The highest BCUT2D eigenvalue weighted by Crippen LogP contribution is 2.06. The highest BCUT2D eigenvalue weighted by atomic mass is 127. The van der Waals surface area contributed by atoms with Crippen LogP contribution < -0.4 is 5.73 Å². The predicted molar refractivity (Wildman–Crippen MR) is 56.3 cm³/mol. The van der Waals surface area contributed by atoms with Gasteiger partial charge in [-0.3, -0.25) is 0 Å². The van der Waals surface area contributed by atoms with Crippen molar-refractivity contribution in [2.75, 3.05) is 5.73 Å². The summed E-state index contributed by atoms with van der Waals surface area (Å²) in [6.45, 7) is 0. The molecule has 0 aliphatic heterocycles. The Kier molecular flexibility index (Phi) is 2.13. The minimum Gasteiger partial charge on any atom is -0.382 e. The molecular weight excluding hydrogens is 281 g/mol. The second kappa shape index (κ2) is 3.29. The van der Waals surface area contributed by atoms with E-state index in [1.807, 2.05) is 6.20 Å². The monoisotopic (exact) mass is 287 g/mol. The zero-order valence-corrected chi connectivity index (χ0v) is 8.71. The molecule has 0 saturated heterocycles. The van der Waals surface area contributed by atoms with Crippen LogP contribution in [0.25, 0.3) is 5.82 Å². The molecular formula is C7H6IN5. The second-order valence-electron chi connectivity index (χ2n) is 2.42. The van der Waals surface area contributed by atoms with Gasteiger partial charge in [-0.25, -0.2) is 4.68 Å². The van der Waals surface area contributed by atoms with E-state index in [2.05, 4.69) is 37.9 Å². The van der Waals surface area contributed by atoms with Crippen molar-refractivity contribution in [1.29, 1.82) is 0 Å². The average molecular weight is 287 g/mol. The first-order valence-corrected chi connectivity index (χ1v) is 4.63. The van der Waals surface area contributed by atoms with E-state index in [-0.39, 0.29) is 0 Å². The van der Waals surface area contributed by atoms with Gasteiger partial charge >= 0.3 is 0 Å². The maximum Gasteiger partial charge on any atom is 0.175 e. The van der Waals surface area contributed by atoms with Crippen molar-refractivity contribution in [2.24, 2.45) is 0 Å². The molecule has 2 N–H and O–H groups in total. The summed E-state index contributed by atoms with van der Waals surface area (Å²) in [5.41, 5.74) is 5.41. The van der Waals surface area contributed by atoms with Crippen molar-refractivity contribution in [1.82, 2.24) is 20.0 Å². The SMILES string of the molecule is Nc1ccc(-n2cc(I)cn2)nn1. The smallest absolute Gasteiger partial charge is 0.175 e. The third-order valence-corrected chi connectivity index (χ3v) is 2.01. The van der Waals surface area contributed by atoms with Crippen LogP contribution in [-0.4, -0.2) is 20.0 Å². The average Bonchev–Trinajstić information content (AvgIpc) is 2.53. The summed E-state index contributed by atoms with van der Waals surface area (Å²) in [7, 11) is 0. The van der Waals surface area contributed by atoms with Crippen LogP contribution in [0.2, 0.25) is 0 Å². The Morgan fingerprint density at radius 2 is 2.15 bits per heavy atom. The summed E-state index contributed by atoms with van der Waals surface area (Å²) in [6.07, 6.45) is 3.61. The van der Waals surface area contributed by atoms with Crippen LogP contribution >= 0.6 is 22.6 Å². The summed E-state index contributed by atoms with van der Waals surface area (Å²) >= 11 is 2.18. The standard InChI is InChI=1S/C7H6IN5/c8-5-3-10-13(4-5)7-2-1-6(9)11-12-7/h1-4H,(H2,9,11). The van der Waals surface area contributed by atoms with Gasteiger partial charge in [-0.05, 0) is 34.7 Å². The van der Waals surface area contributed by atoms with Gasteiger partial charge in [0.05, 0.1) is 9.77 Å². The van der Waals surface area contributed by atoms with Crippen molar-refractivity contribution < 1.29 is 0 Å². The molecule has 2 rings (SSSR count). The predicted octanol–water partition coefficient (Wildman–Crippen LogP) is 0.849. The quantitative estimate of drug-likeness (QED) is 0.789. The number of halogens is 1. The number of nitrogens with two attached hydrogens (primary N) is 1. The normalized spacial score (nSPS) is 10.2. The highest BCUT2D eigenvalue weighted by Gasteiger charge is 1.99. The second-order valence-corrected chi connectivity index (χ2v) is 3.67. The van der Waals surface area contributed by atoms with Gasteiger partial charge in [-0.1, -0.05) is 0 Å². The van der Waals surface area contributed by atoms with Crippen LogP contribution in [0, 0.1) is 3.57 Å². The Hall–Kier alpha value is -1.18. The molecule has 0 aliphatic rings. The van der Waals surface area contributed by atoms with E-state index in [9.17, 15) is 0 Å². The molecule has 6 heteroatoms. The lowest BCUT2D eigenvalue weighted by molar-refractivity contribution is 0.816. The summed E-state index contributed by atoms with van der Waals surface area (Å²) in [6, 6.07) is 3.46. The van der Waals surface area contributed by atoms with Gasteiger partial charge in [0, 0.05) is 6.20 Å². The maximum atomic E-state index is 5.41. The van der Waals surface area contributed by atoms with Gasteiger partial charge in [0.2, 0.25) is 0 Å². The van der Waals surface area contributed by atoms with Gasteiger partial charge in [0.25, 0.3) is 0 Å². The van der Waals surface area contributed by atoms with Gasteiger partial charge in [-0.2, -0.15) is 5.10 Å². The highest BCUT2D eigenvalue weighted by molar-refractivity contribution is 14.1. The van der Waals surface area contributed by atoms with Crippen LogP contribution in [0.5, 0.6) is 0 Å². The molecule has 0 amide bonds. The molecule has 0 bridgehead atoms. The largest absolute Gasteiger partial charge is 0.382 e. The van der Waals surface area contributed by atoms with Gasteiger partial charge in [-0.15, -0.1) is 10.2 Å². The number of nitrogens with zero attached hydrogens (tertiary/aromatic N) is 4. The third kappa shape index (κ3) is 1.77. The minimum absolute atomic E-state index is 0.408. The minimum atomic E-state index is 0.408. The number of anilines is 1. The Morgan fingerprint density at radius 1 is 1.31 bits per heavy atom. The lowest BCUT2D eigenvalue weighted by Gasteiger charge is -1.97. The number of hydrogen-bond donors (Lipinski definition) is 1. The van der Waals surface area contributed by atoms with Crippen molar-refractivity contribution in [3.8, 4) is 5.82 Å². The summed E-state index contributed by atoms with van der Waals surface area (Å²) < 4.78 is 2.70. The van der Waals surface area contributed by atoms with E-state index in [4.69, 9.17) is 5.73 Å². The van der Waals surface area contributed by atoms with Crippen LogP contribution in [0.4, 0.5) is 5.82 Å². The van der Waals surface area contributed by atoms with Gasteiger partial charge in [0.15, 0.2) is 5.82 Å². The van der Waals surface area contributed by atoms with E-state index in [0.29, 0.717) is 11.6 Å². The zero-order valence-electron chi connectivity index (χ0n) is 6.55. The molecule has 0 aliphatic carbocycles. The van der Waals surface area contributed by atoms with E-state index < -0.39 is 0 Å². The Bertz CT molecular complexity index is 407. The lowest BCUT2D eigenvalue weighted by Crippen LogP contribution is -2.01. The van der Waals surface area contributed by atoms with Crippen LogP contribution in [0.3, 0.4) is 0 Å².